The number of nitrogens with one attached hydrogen (secondary N) is 3. The first-order valence-electron chi connectivity index (χ1n) is 13.9. The van der Waals surface area contributed by atoms with E-state index in [1.165, 1.54) is 19.8 Å². The van der Waals surface area contributed by atoms with Crippen LogP contribution in [0.2, 0.25) is 0 Å². The molecule has 44 heavy (non-hydrogen) atoms. The van der Waals surface area contributed by atoms with Crippen LogP contribution in [-0.4, -0.2) is 49.5 Å². The summed E-state index contributed by atoms with van der Waals surface area (Å²) in [6.45, 7) is 4.05. The Bertz CT molecular complexity index is 1780. The van der Waals surface area contributed by atoms with Gasteiger partial charge in [-0.1, -0.05) is 54.6 Å². The largest absolute Gasteiger partial charge is 0.493 e. The maximum Gasteiger partial charge on any atom is 0.337 e. The van der Waals surface area contributed by atoms with Crippen molar-refractivity contribution >= 4 is 35.0 Å². The zero-order valence-electron chi connectivity index (χ0n) is 24.8. The second-order valence-corrected chi connectivity index (χ2v) is 10.1. The summed E-state index contributed by atoms with van der Waals surface area (Å²) in [4.78, 5) is 37.2. The van der Waals surface area contributed by atoms with Crippen LogP contribution in [0.1, 0.15) is 35.3 Å². The first kappa shape index (κ1) is 29.9. The van der Waals surface area contributed by atoms with E-state index in [9.17, 15) is 14.4 Å². The summed E-state index contributed by atoms with van der Waals surface area (Å²) < 4.78 is 18.3. The molecule has 3 amide bonds. The topological polar surface area (TPSA) is 132 Å². The summed E-state index contributed by atoms with van der Waals surface area (Å²) in [7, 11) is 2.73. The molecule has 0 fully saturated rings. The molecule has 11 nitrogen and oxygen atoms in total. The number of benzene rings is 3. The number of allylic oxidation sites excluding steroid dienone is 1. The predicted molar refractivity (Wildman–Crippen MR) is 166 cm³/mol. The van der Waals surface area contributed by atoms with E-state index in [0.717, 1.165) is 22.2 Å². The van der Waals surface area contributed by atoms with Gasteiger partial charge >= 0.3 is 12.0 Å². The van der Waals surface area contributed by atoms with Crippen molar-refractivity contribution in [3.63, 3.8) is 0 Å². The van der Waals surface area contributed by atoms with Gasteiger partial charge in [0.25, 0.3) is 5.91 Å². The van der Waals surface area contributed by atoms with E-state index in [2.05, 4.69) is 43.9 Å². The maximum atomic E-state index is 12.6. The Kier molecular flexibility index (Phi) is 8.94. The molecule has 0 aliphatic carbocycles. The highest BCUT2D eigenvalue weighted by atomic mass is 16.5. The fourth-order valence-corrected chi connectivity index (χ4v) is 5.24. The standard InChI is InChI=1S/C33H33N5O6/c1-20-30(32(40)43-4)31(36-33(41)35-20)23-14-15-27(28(16-23)42-3)44-19-29(39)37-34-17-25-21(2)38(18-22-10-6-5-7-11-22)26-13-9-8-12-24(25)26/h5-17,31H,18-19H2,1-4H3,(H,37,39)(H2,35,36,41)/b34-17-/t31-/m1/s1. The summed E-state index contributed by atoms with van der Waals surface area (Å²) in [6.07, 6.45) is 1.65. The molecule has 226 valence electrons. The molecule has 3 aromatic carbocycles. The molecule has 1 aromatic heterocycles. The van der Waals surface area contributed by atoms with Crippen LogP contribution in [0.3, 0.4) is 0 Å². The zero-order valence-corrected chi connectivity index (χ0v) is 24.8. The van der Waals surface area contributed by atoms with E-state index in [-0.39, 0.29) is 12.2 Å². The molecule has 5 rings (SSSR count). The Morgan fingerprint density at radius 2 is 1.75 bits per heavy atom. The van der Waals surface area contributed by atoms with Crippen molar-refractivity contribution in [1.29, 1.82) is 0 Å². The van der Waals surface area contributed by atoms with E-state index in [0.29, 0.717) is 29.3 Å². The predicted octanol–water partition coefficient (Wildman–Crippen LogP) is 4.34. The lowest BCUT2D eigenvalue weighted by molar-refractivity contribution is -0.136. The van der Waals surface area contributed by atoms with Crippen molar-refractivity contribution in [3.05, 3.63) is 106 Å². The lowest BCUT2D eigenvalue weighted by Crippen LogP contribution is -2.45. The number of aromatic nitrogens is 1. The number of carbonyl (C=O) groups excluding carboxylic acids is 3. The second kappa shape index (κ2) is 13.2. The summed E-state index contributed by atoms with van der Waals surface area (Å²) in [5.74, 6) is -0.422. The fourth-order valence-electron chi connectivity index (χ4n) is 5.24. The van der Waals surface area contributed by atoms with Crippen molar-refractivity contribution < 1.29 is 28.6 Å². The van der Waals surface area contributed by atoms with E-state index in [1.807, 2.05) is 43.3 Å². The minimum atomic E-state index is -0.765. The quantitative estimate of drug-likeness (QED) is 0.142. The van der Waals surface area contributed by atoms with Gasteiger partial charge in [-0.05, 0) is 43.2 Å². The fraction of sp³-hybridized carbons (Fsp3) is 0.212. The third-order valence-corrected chi connectivity index (χ3v) is 7.40. The lowest BCUT2D eigenvalue weighted by Gasteiger charge is -2.28. The van der Waals surface area contributed by atoms with Gasteiger partial charge in [0, 0.05) is 34.4 Å². The van der Waals surface area contributed by atoms with Gasteiger partial charge in [-0.2, -0.15) is 5.10 Å². The first-order chi connectivity index (χ1) is 21.3. The van der Waals surface area contributed by atoms with E-state index < -0.39 is 23.9 Å². The summed E-state index contributed by atoms with van der Waals surface area (Å²) in [5.41, 5.74) is 7.95. The number of hydrogen-bond acceptors (Lipinski definition) is 7. The number of carbonyl (C=O) groups is 3. The van der Waals surface area contributed by atoms with Crippen molar-refractivity contribution in [2.45, 2.75) is 26.4 Å². The molecule has 1 aliphatic rings. The van der Waals surface area contributed by atoms with Crippen LogP contribution < -0.4 is 25.5 Å². The van der Waals surface area contributed by atoms with Crippen LogP contribution in [0.15, 0.2) is 89.2 Å². The highest BCUT2D eigenvalue weighted by Crippen LogP contribution is 2.34. The third kappa shape index (κ3) is 6.26. The highest BCUT2D eigenvalue weighted by molar-refractivity contribution is 6.01. The van der Waals surface area contributed by atoms with Gasteiger partial charge in [0.05, 0.1) is 32.0 Å². The number of hydrogen-bond donors (Lipinski definition) is 3. The van der Waals surface area contributed by atoms with Gasteiger partial charge < -0.3 is 29.4 Å². The molecule has 1 aliphatic heterocycles. The first-order valence-corrected chi connectivity index (χ1v) is 13.9. The van der Waals surface area contributed by atoms with Gasteiger partial charge in [-0.25, -0.2) is 15.0 Å². The van der Waals surface area contributed by atoms with E-state index >= 15 is 0 Å². The van der Waals surface area contributed by atoms with Gasteiger partial charge in [-0.3, -0.25) is 4.79 Å². The molecule has 11 heteroatoms. The maximum absolute atomic E-state index is 12.6. The molecule has 0 unspecified atom stereocenters. The van der Waals surface area contributed by atoms with Gasteiger partial charge in [-0.15, -0.1) is 0 Å². The number of esters is 1. The van der Waals surface area contributed by atoms with Crippen LogP contribution in [0.25, 0.3) is 10.9 Å². The minimum Gasteiger partial charge on any atom is -0.493 e. The van der Waals surface area contributed by atoms with Crippen LogP contribution in [0.5, 0.6) is 11.5 Å². The number of urea groups is 1. The van der Waals surface area contributed by atoms with Crippen LogP contribution >= 0.6 is 0 Å². The van der Waals surface area contributed by atoms with Gasteiger partial charge in [0.1, 0.15) is 0 Å². The molecular weight excluding hydrogens is 562 g/mol. The Hall–Kier alpha value is -5.58. The number of methoxy groups -OCH3 is 2. The third-order valence-electron chi connectivity index (χ3n) is 7.40. The van der Waals surface area contributed by atoms with Crippen molar-refractivity contribution in [2.24, 2.45) is 5.10 Å². The average molecular weight is 596 g/mol. The molecule has 0 saturated carbocycles. The minimum absolute atomic E-state index is 0.262. The molecule has 3 N–H and O–H groups in total. The SMILES string of the molecule is COC(=O)C1=C(C)NC(=O)N[C@@H]1c1ccc(OCC(=O)N/N=C\c2c(C)n(Cc3ccccc3)c3ccccc23)c(OC)c1. The van der Waals surface area contributed by atoms with Crippen molar-refractivity contribution in [3.8, 4) is 11.5 Å². The molecule has 4 aromatic rings. The monoisotopic (exact) mass is 595 g/mol. The number of amides is 3. The number of nitrogens with zero attached hydrogens (tertiary/aromatic N) is 2. The summed E-state index contributed by atoms with van der Waals surface area (Å²) in [6, 6.07) is 22.0. The molecule has 0 spiro atoms. The Balaban J connectivity index is 1.27. The van der Waals surface area contributed by atoms with Crippen molar-refractivity contribution in [1.82, 2.24) is 20.6 Å². The number of hydrazone groups is 1. The van der Waals surface area contributed by atoms with E-state index in [4.69, 9.17) is 14.2 Å². The van der Waals surface area contributed by atoms with Crippen LogP contribution in [-0.2, 0) is 20.9 Å². The van der Waals surface area contributed by atoms with Gasteiger partial charge in [0.2, 0.25) is 0 Å². The molecule has 0 bridgehead atoms. The zero-order chi connectivity index (χ0) is 31.2. The normalized spacial score (nSPS) is 14.7. The lowest BCUT2D eigenvalue weighted by atomic mass is 9.95. The molecule has 2 heterocycles. The number of rotatable bonds is 10. The molecule has 1 atom stereocenters. The summed E-state index contributed by atoms with van der Waals surface area (Å²) in [5, 5.41) is 10.5. The molecule has 0 saturated heterocycles. The van der Waals surface area contributed by atoms with Gasteiger partial charge in [0.15, 0.2) is 18.1 Å². The number of para-hydroxylation sites is 1. The van der Waals surface area contributed by atoms with Crippen LogP contribution in [0, 0.1) is 6.92 Å². The average Bonchev–Trinajstić information content (AvgIpc) is 3.29. The van der Waals surface area contributed by atoms with Crippen molar-refractivity contribution in [2.75, 3.05) is 20.8 Å². The number of fused-ring (bicyclic) bond motifs is 1. The smallest absolute Gasteiger partial charge is 0.337 e. The highest BCUT2D eigenvalue weighted by Gasteiger charge is 2.32. The second-order valence-electron chi connectivity index (χ2n) is 10.1. The van der Waals surface area contributed by atoms with Crippen LogP contribution in [0.4, 0.5) is 4.79 Å². The Labute approximate surface area is 254 Å². The Morgan fingerprint density at radius 3 is 2.50 bits per heavy atom. The number of ether oxygens (including phenoxy) is 3. The summed E-state index contributed by atoms with van der Waals surface area (Å²) >= 11 is 0. The Morgan fingerprint density at radius 1 is 1.00 bits per heavy atom. The molecule has 0 radical (unpaired) electrons. The molecular formula is C33H33N5O6. The van der Waals surface area contributed by atoms with E-state index in [1.54, 1.807) is 31.3 Å².